The number of esters is 1. The summed E-state index contributed by atoms with van der Waals surface area (Å²) < 4.78 is 20.3. The van der Waals surface area contributed by atoms with E-state index < -0.39 is 18.1 Å². The van der Waals surface area contributed by atoms with Crippen molar-refractivity contribution in [3.05, 3.63) is 71.3 Å². The van der Waals surface area contributed by atoms with Gasteiger partial charge in [-0.2, -0.15) is 0 Å². The molecule has 0 aromatic heterocycles. The molecule has 6 aliphatic carbocycles. The first-order chi connectivity index (χ1) is 22.7. The first kappa shape index (κ1) is 34.3. The van der Waals surface area contributed by atoms with Crippen molar-refractivity contribution in [2.45, 2.75) is 131 Å². The van der Waals surface area contributed by atoms with Gasteiger partial charge in [-0.1, -0.05) is 89.3 Å². The molecular formula is C44H62FNO2. The van der Waals surface area contributed by atoms with Gasteiger partial charge in [0.1, 0.15) is 13.3 Å². The van der Waals surface area contributed by atoms with E-state index in [1.54, 1.807) is 0 Å². The van der Waals surface area contributed by atoms with Gasteiger partial charge in [-0.05, 0) is 152 Å². The molecule has 0 radical (unpaired) electrons. The smallest absolute Gasteiger partial charge is 0.315 e. The van der Waals surface area contributed by atoms with Gasteiger partial charge in [0.05, 0.1) is 5.41 Å². The van der Waals surface area contributed by atoms with Crippen molar-refractivity contribution in [1.29, 1.82) is 0 Å². The Bertz CT molecular complexity index is 1510. The molecule has 6 aliphatic rings. The van der Waals surface area contributed by atoms with Gasteiger partial charge in [0.25, 0.3) is 0 Å². The van der Waals surface area contributed by atoms with Crippen LogP contribution in [0.1, 0.15) is 124 Å². The lowest BCUT2D eigenvalue weighted by molar-refractivity contribution is -0.219. The van der Waals surface area contributed by atoms with Gasteiger partial charge in [-0.25, -0.2) is 4.39 Å². The second-order valence-electron chi connectivity index (χ2n) is 18.9. The Morgan fingerprint density at radius 1 is 0.896 bits per heavy atom. The van der Waals surface area contributed by atoms with E-state index in [9.17, 15) is 9.18 Å². The molecule has 10 atom stereocenters. The van der Waals surface area contributed by atoms with Gasteiger partial charge in [0.15, 0.2) is 0 Å². The van der Waals surface area contributed by atoms with Gasteiger partial charge < -0.3 is 10.5 Å². The molecule has 0 bridgehead atoms. The topological polar surface area (TPSA) is 52.3 Å². The van der Waals surface area contributed by atoms with Crippen molar-refractivity contribution in [2.75, 3.05) is 6.67 Å². The summed E-state index contributed by atoms with van der Waals surface area (Å²) in [5, 5.41) is 0. The quantitative estimate of drug-likeness (QED) is 0.245. The normalized spacial score (nSPS) is 44.6. The first-order valence-electron chi connectivity index (χ1n) is 19.3. The van der Waals surface area contributed by atoms with Crippen LogP contribution in [0.3, 0.4) is 0 Å². The van der Waals surface area contributed by atoms with Crippen LogP contribution in [0.5, 0.6) is 0 Å². The van der Waals surface area contributed by atoms with Crippen LogP contribution in [0.4, 0.5) is 4.39 Å². The number of rotatable bonds is 6. The predicted octanol–water partition coefficient (Wildman–Crippen LogP) is 10.7. The fraction of sp³-hybridized carbons (Fsp3) is 0.705. The minimum atomic E-state index is -1.07. The third kappa shape index (κ3) is 4.84. The Morgan fingerprint density at radius 3 is 2.31 bits per heavy atom. The number of fused-ring (bicyclic) bond motifs is 7. The molecule has 4 saturated carbocycles. The summed E-state index contributed by atoms with van der Waals surface area (Å²) >= 11 is 0. The summed E-state index contributed by atoms with van der Waals surface area (Å²) in [5.74, 6) is 2.74. The standard InChI is InChI=1S/C44H62FNO2/c1-29(2)32-17-24-44(46)26-25-41(6)34(37(32)44)13-14-36-40(5)20-18-33(39(3,4)35(40)19-21-42(36,41)7)31-15-22-43(28-45,23-16-31)38(47)48-27-30-11-9-8-10-12-30/h8-12,15,18,32,34-37H,1,13-14,16-17,19-28,46H2,2-7H3/t32-,34+,35?,36?,37?,40-,41+,42+,43-,44-/m0/s1. The van der Waals surface area contributed by atoms with Crippen molar-refractivity contribution in [3.8, 4) is 0 Å². The van der Waals surface area contributed by atoms with Gasteiger partial charge in [0.2, 0.25) is 0 Å². The van der Waals surface area contributed by atoms with Crippen LogP contribution in [0.15, 0.2) is 65.8 Å². The zero-order valence-electron chi connectivity index (χ0n) is 30.8. The number of benzene rings is 1. The molecule has 3 nitrogen and oxygen atoms in total. The van der Waals surface area contributed by atoms with E-state index >= 15 is 0 Å². The number of ether oxygens (including phenoxy) is 1. The van der Waals surface area contributed by atoms with Gasteiger partial charge in [0, 0.05) is 5.54 Å². The van der Waals surface area contributed by atoms with Crippen LogP contribution >= 0.6 is 0 Å². The highest BCUT2D eigenvalue weighted by atomic mass is 19.1. The van der Waals surface area contributed by atoms with Gasteiger partial charge >= 0.3 is 5.97 Å². The van der Waals surface area contributed by atoms with Gasteiger partial charge in [-0.3, -0.25) is 4.79 Å². The van der Waals surface area contributed by atoms with Crippen LogP contribution in [-0.2, 0) is 16.1 Å². The summed E-state index contributed by atoms with van der Waals surface area (Å²) in [5.41, 5.74) is 12.2. The molecule has 4 heteroatoms. The lowest BCUT2D eigenvalue weighted by Crippen LogP contribution is -2.67. The minimum absolute atomic E-state index is 0.00531. The number of carbonyl (C=O) groups excluding carboxylic acids is 1. The number of hydrogen-bond donors (Lipinski definition) is 1. The number of halogens is 1. The van der Waals surface area contributed by atoms with E-state index in [2.05, 4.69) is 60.3 Å². The fourth-order valence-corrected chi connectivity index (χ4v) is 13.7. The molecule has 0 heterocycles. The lowest BCUT2D eigenvalue weighted by Gasteiger charge is -2.72. The molecule has 262 valence electrons. The number of carbonyl (C=O) groups is 1. The monoisotopic (exact) mass is 655 g/mol. The highest BCUT2D eigenvalue weighted by Gasteiger charge is 2.70. The summed E-state index contributed by atoms with van der Waals surface area (Å²) in [6.07, 6.45) is 17.5. The van der Waals surface area contributed by atoms with Crippen molar-refractivity contribution in [2.24, 2.45) is 62.4 Å². The van der Waals surface area contributed by atoms with E-state index in [0.717, 1.165) is 18.4 Å². The number of hydrogen-bond acceptors (Lipinski definition) is 3. The zero-order valence-corrected chi connectivity index (χ0v) is 30.8. The third-order valence-corrected chi connectivity index (χ3v) is 16.6. The van der Waals surface area contributed by atoms with E-state index in [4.69, 9.17) is 10.5 Å². The Hall–Kier alpha value is -2.20. The van der Waals surface area contributed by atoms with Crippen LogP contribution in [-0.4, -0.2) is 18.2 Å². The summed E-state index contributed by atoms with van der Waals surface area (Å²) in [7, 11) is 0. The number of alkyl halides is 1. The van der Waals surface area contributed by atoms with E-state index in [-0.39, 0.29) is 23.0 Å². The predicted molar refractivity (Wildman–Crippen MR) is 194 cm³/mol. The SMILES string of the molecule is C=C(C)[C@@H]1CC[C@]2(N)CC[C@]3(C)[C@H](CCC4[C@@]5(C)CC=C(C6=CC[C@](CF)(C(=O)OCc7ccccc7)CC6)C(C)(C)C5CC[C@]43C)C12. The maximum absolute atomic E-state index is 14.6. The molecule has 3 unspecified atom stereocenters. The highest BCUT2D eigenvalue weighted by Crippen LogP contribution is 2.76. The molecule has 4 fully saturated rings. The Balaban J connectivity index is 1.12. The maximum Gasteiger partial charge on any atom is 0.315 e. The molecule has 2 N–H and O–H groups in total. The first-order valence-corrected chi connectivity index (χ1v) is 19.3. The van der Waals surface area contributed by atoms with Crippen molar-refractivity contribution in [3.63, 3.8) is 0 Å². The second-order valence-corrected chi connectivity index (χ2v) is 18.9. The lowest BCUT2D eigenvalue weighted by atomic mass is 9.33. The summed E-state index contributed by atoms with van der Waals surface area (Å²) in [4.78, 5) is 13.3. The van der Waals surface area contributed by atoms with Crippen LogP contribution in [0.25, 0.3) is 0 Å². The van der Waals surface area contributed by atoms with Crippen molar-refractivity contribution >= 4 is 5.97 Å². The van der Waals surface area contributed by atoms with Crippen molar-refractivity contribution in [1.82, 2.24) is 0 Å². The molecule has 7 rings (SSSR count). The van der Waals surface area contributed by atoms with Crippen LogP contribution in [0, 0.1) is 56.7 Å². The molecule has 0 amide bonds. The Morgan fingerprint density at radius 2 is 1.65 bits per heavy atom. The Labute approximate surface area is 290 Å². The average molecular weight is 656 g/mol. The van der Waals surface area contributed by atoms with E-state index in [0.29, 0.717) is 53.3 Å². The maximum atomic E-state index is 14.6. The van der Waals surface area contributed by atoms with Crippen LogP contribution in [0.2, 0.25) is 0 Å². The third-order valence-electron chi connectivity index (χ3n) is 16.6. The number of nitrogens with two attached hydrogens (primary N) is 1. The second kappa shape index (κ2) is 11.7. The van der Waals surface area contributed by atoms with Crippen molar-refractivity contribution < 1.29 is 13.9 Å². The molecule has 0 aliphatic heterocycles. The molecule has 48 heavy (non-hydrogen) atoms. The van der Waals surface area contributed by atoms with Gasteiger partial charge in [-0.15, -0.1) is 0 Å². The highest BCUT2D eigenvalue weighted by molar-refractivity contribution is 5.78. The van der Waals surface area contributed by atoms with Crippen LogP contribution < -0.4 is 5.73 Å². The molecular weight excluding hydrogens is 593 g/mol. The molecule has 0 saturated heterocycles. The molecule has 0 spiro atoms. The van der Waals surface area contributed by atoms with E-state index in [1.807, 2.05) is 30.3 Å². The summed E-state index contributed by atoms with van der Waals surface area (Å²) in [6.45, 7) is 19.3. The summed E-state index contributed by atoms with van der Waals surface area (Å²) in [6, 6.07) is 9.68. The molecule has 1 aromatic carbocycles. The number of allylic oxidation sites excluding steroid dienone is 5. The fourth-order valence-electron chi connectivity index (χ4n) is 13.7. The molecule has 1 aromatic rings. The largest absolute Gasteiger partial charge is 0.460 e. The van der Waals surface area contributed by atoms with E-state index in [1.165, 1.54) is 68.1 Å². The average Bonchev–Trinajstić information content (AvgIpc) is 3.42. The zero-order chi connectivity index (χ0) is 34.3. The Kier molecular flexibility index (Phi) is 8.33. The minimum Gasteiger partial charge on any atom is -0.460 e.